The fourth-order valence-electron chi connectivity index (χ4n) is 5.26. The molecule has 34 heavy (non-hydrogen) atoms. The van der Waals surface area contributed by atoms with Crippen LogP contribution in [-0.2, 0) is 0 Å². The largest absolute Gasteiger partial charge is 0.494 e. The zero-order valence-electron chi connectivity index (χ0n) is 19.9. The third kappa shape index (κ3) is 3.99. The van der Waals surface area contributed by atoms with E-state index in [0.29, 0.717) is 12.5 Å². The van der Waals surface area contributed by atoms with E-state index in [9.17, 15) is 0 Å². The first-order chi connectivity index (χ1) is 16.7. The molecule has 1 saturated heterocycles. The number of nitrogens with one attached hydrogen (secondary N) is 2. The van der Waals surface area contributed by atoms with Crippen LogP contribution in [0.15, 0.2) is 72.8 Å². The maximum absolute atomic E-state index is 5.58. The van der Waals surface area contributed by atoms with Crippen molar-refractivity contribution in [2.75, 3.05) is 26.7 Å². The normalized spacial score (nSPS) is 15.4. The Morgan fingerprint density at radius 2 is 1.38 bits per heavy atom. The number of H-pyrrole nitrogens is 2. The van der Waals surface area contributed by atoms with Gasteiger partial charge >= 0.3 is 0 Å². The van der Waals surface area contributed by atoms with Gasteiger partial charge < -0.3 is 19.6 Å². The Kier molecular flexibility index (Phi) is 5.39. The molecule has 3 aromatic carbocycles. The summed E-state index contributed by atoms with van der Waals surface area (Å²) >= 11 is 0. The number of hydrogen-bond acceptors (Lipinski definition) is 2. The summed E-state index contributed by atoms with van der Waals surface area (Å²) in [6, 6.07) is 26.4. The number of fused-ring (bicyclic) bond motifs is 2. The SMILES string of the molecule is CCOc1ccc(-c2cc3cc(-c4cc5cc(C6CCN(C)CC6)ccc5[nH]4)ccc3[nH]2)cc1. The summed E-state index contributed by atoms with van der Waals surface area (Å²) < 4.78 is 5.58. The molecule has 4 heteroatoms. The molecule has 0 atom stereocenters. The van der Waals surface area contributed by atoms with Gasteiger partial charge in [0.05, 0.1) is 6.61 Å². The molecule has 1 aliphatic rings. The zero-order valence-corrected chi connectivity index (χ0v) is 19.9. The predicted octanol–water partition coefficient (Wildman–Crippen LogP) is 7.19. The van der Waals surface area contributed by atoms with Gasteiger partial charge in [0.15, 0.2) is 0 Å². The van der Waals surface area contributed by atoms with Gasteiger partial charge in [0, 0.05) is 33.2 Å². The fraction of sp³-hybridized carbons (Fsp3) is 0.267. The van der Waals surface area contributed by atoms with Gasteiger partial charge in [-0.05, 0) is 123 Å². The number of benzene rings is 3. The summed E-state index contributed by atoms with van der Waals surface area (Å²) in [5.74, 6) is 1.58. The summed E-state index contributed by atoms with van der Waals surface area (Å²) in [6.07, 6.45) is 2.50. The average Bonchev–Trinajstić information content (AvgIpc) is 3.48. The number of piperidine rings is 1. The Bertz CT molecular complexity index is 1440. The first-order valence-corrected chi connectivity index (χ1v) is 12.3. The monoisotopic (exact) mass is 449 g/mol. The number of aromatic nitrogens is 2. The number of likely N-dealkylation sites (tertiary alicyclic amines) is 1. The van der Waals surface area contributed by atoms with Crippen molar-refractivity contribution in [1.82, 2.24) is 14.9 Å². The molecule has 0 aliphatic carbocycles. The molecular weight excluding hydrogens is 418 g/mol. The minimum absolute atomic E-state index is 0.677. The van der Waals surface area contributed by atoms with Crippen molar-refractivity contribution in [2.45, 2.75) is 25.7 Å². The molecule has 2 aromatic heterocycles. The molecule has 1 fully saturated rings. The van der Waals surface area contributed by atoms with Crippen LogP contribution >= 0.6 is 0 Å². The average molecular weight is 450 g/mol. The number of aromatic amines is 2. The summed E-state index contributed by atoms with van der Waals surface area (Å²) in [6.45, 7) is 5.07. The third-order valence-electron chi connectivity index (χ3n) is 7.24. The number of ether oxygens (including phenoxy) is 1. The second-order valence-electron chi connectivity index (χ2n) is 9.55. The second kappa shape index (κ2) is 8.69. The van der Waals surface area contributed by atoms with E-state index in [0.717, 1.165) is 22.5 Å². The summed E-state index contributed by atoms with van der Waals surface area (Å²) in [5.41, 5.74) is 8.49. The van der Waals surface area contributed by atoms with Crippen LogP contribution in [0.4, 0.5) is 0 Å². The predicted molar refractivity (Wildman–Crippen MR) is 142 cm³/mol. The fourth-order valence-corrected chi connectivity index (χ4v) is 5.26. The first kappa shape index (κ1) is 21.1. The minimum Gasteiger partial charge on any atom is -0.494 e. The standard InChI is InChI=1S/C30H31N3O/c1-3-34-26-8-4-21(5-9-26)29-18-25-17-23(7-11-28(25)31-29)30-19-24-16-22(6-10-27(24)32-30)20-12-14-33(2)15-13-20/h4-11,16-20,31-32H,3,12-15H2,1-2H3. The van der Waals surface area contributed by atoms with Crippen LogP contribution in [0.5, 0.6) is 5.75 Å². The smallest absolute Gasteiger partial charge is 0.119 e. The van der Waals surface area contributed by atoms with E-state index in [1.165, 1.54) is 59.0 Å². The van der Waals surface area contributed by atoms with Gasteiger partial charge in [-0.2, -0.15) is 0 Å². The van der Waals surface area contributed by atoms with Gasteiger partial charge in [-0.3, -0.25) is 0 Å². The lowest BCUT2D eigenvalue weighted by molar-refractivity contribution is 0.255. The lowest BCUT2D eigenvalue weighted by Gasteiger charge is -2.29. The molecule has 3 heterocycles. The van der Waals surface area contributed by atoms with Gasteiger partial charge in [0.1, 0.15) is 5.75 Å². The summed E-state index contributed by atoms with van der Waals surface area (Å²) in [7, 11) is 2.22. The van der Waals surface area contributed by atoms with Gasteiger partial charge in [0.25, 0.3) is 0 Å². The molecular formula is C30H31N3O. The van der Waals surface area contributed by atoms with Crippen LogP contribution in [0.3, 0.4) is 0 Å². The van der Waals surface area contributed by atoms with Crippen LogP contribution in [-0.4, -0.2) is 41.6 Å². The lowest BCUT2D eigenvalue weighted by Crippen LogP contribution is -2.29. The highest BCUT2D eigenvalue weighted by molar-refractivity contribution is 5.92. The molecule has 6 rings (SSSR count). The van der Waals surface area contributed by atoms with E-state index in [1.807, 2.05) is 19.1 Å². The lowest BCUT2D eigenvalue weighted by atomic mass is 9.89. The number of rotatable bonds is 5. The topological polar surface area (TPSA) is 44.0 Å². The van der Waals surface area contributed by atoms with Gasteiger partial charge in [-0.15, -0.1) is 0 Å². The molecule has 2 N–H and O–H groups in total. The van der Waals surface area contributed by atoms with E-state index in [2.05, 4.69) is 82.6 Å². The van der Waals surface area contributed by atoms with E-state index >= 15 is 0 Å². The van der Waals surface area contributed by atoms with Crippen LogP contribution in [0.2, 0.25) is 0 Å². The molecule has 0 radical (unpaired) electrons. The van der Waals surface area contributed by atoms with Crippen LogP contribution in [0.1, 0.15) is 31.2 Å². The Balaban J connectivity index is 1.28. The highest BCUT2D eigenvalue weighted by atomic mass is 16.5. The maximum Gasteiger partial charge on any atom is 0.119 e. The molecule has 0 bridgehead atoms. The Labute approximate surface area is 200 Å². The maximum atomic E-state index is 5.58. The third-order valence-corrected chi connectivity index (χ3v) is 7.24. The highest BCUT2D eigenvalue weighted by Gasteiger charge is 2.19. The van der Waals surface area contributed by atoms with Gasteiger partial charge in [-0.25, -0.2) is 0 Å². The van der Waals surface area contributed by atoms with E-state index in [-0.39, 0.29) is 0 Å². The van der Waals surface area contributed by atoms with Crippen molar-refractivity contribution in [3.05, 3.63) is 78.4 Å². The molecule has 0 spiro atoms. The van der Waals surface area contributed by atoms with Crippen LogP contribution in [0, 0.1) is 0 Å². The number of nitrogens with zero attached hydrogens (tertiary/aromatic N) is 1. The highest BCUT2D eigenvalue weighted by Crippen LogP contribution is 2.33. The Morgan fingerprint density at radius 1 is 0.765 bits per heavy atom. The Morgan fingerprint density at radius 3 is 2.09 bits per heavy atom. The van der Waals surface area contributed by atoms with E-state index in [1.54, 1.807) is 0 Å². The van der Waals surface area contributed by atoms with Crippen molar-refractivity contribution < 1.29 is 4.74 Å². The molecule has 0 unspecified atom stereocenters. The van der Waals surface area contributed by atoms with E-state index in [4.69, 9.17) is 4.74 Å². The summed E-state index contributed by atoms with van der Waals surface area (Å²) in [4.78, 5) is 9.63. The van der Waals surface area contributed by atoms with Crippen molar-refractivity contribution in [3.63, 3.8) is 0 Å². The molecule has 0 saturated carbocycles. The Hall–Kier alpha value is -3.50. The van der Waals surface area contributed by atoms with Crippen LogP contribution < -0.4 is 4.74 Å². The summed E-state index contributed by atoms with van der Waals surface area (Å²) in [5, 5.41) is 2.52. The molecule has 5 aromatic rings. The molecule has 4 nitrogen and oxygen atoms in total. The molecule has 1 aliphatic heterocycles. The van der Waals surface area contributed by atoms with Crippen molar-refractivity contribution in [1.29, 1.82) is 0 Å². The zero-order chi connectivity index (χ0) is 23.1. The first-order valence-electron chi connectivity index (χ1n) is 12.3. The van der Waals surface area contributed by atoms with Crippen LogP contribution in [0.25, 0.3) is 44.3 Å². The molecule has 172 valence electrons. The quantitative estimate of drug-likeness (QED) is 0.298. The minimum atomic E-state index is 0.677. The molecule has 0 amide bonds. The van der Waals surface area contributed by atoms with Gasteiger partial charge in [-0.1, -0.05) is 12.1 Å². The van der Waals surface area contributed by atoms with Crippen molar-refractivity contribution in [3.8, 4) is 28.3 Å². The van der Waals surface area contributed by atoms with Gasteiger partial charge in [0.2, 0.25) is 0 Å². The van der Waals surface area contributed by atoms with E-state index < -0.39 is 0 Å². The van der Waals surface area contributed by atoms with Crippen molar-refractivity contribution >= 4 is 21.8 Å². The van der Waals surface area contributed by atoms with Crippen molar-refractivity contribution in [2.24, 2.45) is 0 Å². The number of hydrogen-bond donors (Lipinski definition) is 2. The second-order valence-corrected chi connectivity index (χ2v) is 9.55.